The van der Waals surface area contributed by atoms with Crippen LogP contribution in [0.5, 0.6) is 11.5 Å². The van der Waals surface area contributed by atoms with Crippen molar-refractivity contribution in [3.05, 3.63) is 23.8 Å². The lowest BCUT2D eigenvalue weighted by atomic mass is 10.1. The van der Waals surface area contributed by atoms with Gasteiger partial charge in [-0.1, -0.05) is 0 Å². The number of aliphatic hydroxyl groups excluding tert-OH is 1. The molecule has 1 unspecified atom stereocenters. The van der Waals surface area contributed by atoms with Crippen molar-refractivity contribution >= 4 is 5.91 Å². The van der Waals surface area contributed by atoms with E-state index in [0.717, 1.165) is 0 Å². The molecule has 0 aliphatic carbocycles. The number of amides is 1. The summed E-state index contributed by atoms with van der Waals surface area (Å²) in [7, 11) is 1.66. The third-order valence-corrected chi connectivity index (χ3v) is 2.87. The van der Waals surface area contributed by atoms with Crippen LogP contribution in [0.2, 0.25) is 0 Å². The van der Waals surface area contributed by atoms with Gasteiger partial charge in [-0.25, -0.2) is 0 Å². The van der Waals surface area contributed by atoms with Gasteiger partial charge in [0.15, 0.2) is 11.5 Å². The van der Waals surface area contributed by atoms with Crippen molar-refractivity contribution < 1.29 is 19.4 Å². The molecule has 92 valence electrons. The molecule has 0 fully saturated rings. The van der Waals surface area contributed by atoms with Crippen LogP contribution < -0.4 is 9.47 Å². The van der Waals surface area contributed by atoms with Crippen LogP contribution >= 0.6 is 0 Å². The van der Waals surface area contributed by atoms with Crippen molar-refractivity contribution in [1.82, 2.24) is 4.90 Å². The number of aliphatic hydroxyl groups is 1. The van der Waals surface area contributed by atoms with Crippen LogP contribution in [0.3, 0.4) is 0 Å². The Balaban J connectivity index is 2.20. The van der Waals surface area contributed by atoms with E-state index in [4.69, 9.17) is 14.6 Å². The zero-order valence-corrected chi connectivity index (χ0v) is 9.84. The molecule has 17 heavy (non-hydrogen) atoms. The highest BCUT2D eigenvalue weighted by atomic mass is 16.7. The molecule has 5 heteroatoms. The summed E-state index contributed by atoms with van der Waals surface area (Å²) in [4.78, 5) is 13.6. The van der Waals surface area contributed by atoms with Gasteiger partial charge in [0.25, 0.3) is 5.91 Å². The maximum Gasteiger partial charge on any atom is 0.254 e. The Hall–Kier alpha value is -1.75. The number of nitrogens with zero attached hydrogens (tertiary/aromatic N) is 1. The number of hydrogen-bond acceptors (Lipinski definition) is 4. The molecule has 1 aliphatic rings. The highest BCUT2D eigenvalue weighted by Gasteiger charge is 2.20. The number of carbonyl (C=O) groups excluding carboxylic acids is 1. The molecular formula is C12H15NO4. The van der Waals surface area contributed by atoms with E-state index >= 15 is 0 Å². The first kappa shape index (κ1) is 11.7. The maximum absolute atomic E-state index is 12.1. The number of ether oxygens (including phenoxy) is 2. The second kappa shape index (κ2) is 4.63. The van der Waals surface area contributed by atoms with E-state index in [2.05, 4.69) is 0 Å². The van der Waals surface area contributed by atoms with Gasteiger partial charge >= 0.3 is 0 Å². The Bertz CT molecular complexity index is 433. The number of fused-ring (bicyclic) bond motifs is 1. The molecule has 0 aromatic heterocycles. The van der Waals surface area contributed by atoms with Crippen molar-refractivity contribution in [2.24, 2.45) is 0 Å². The first-order chi connectivity index (χ1) is 8.13. The van der Waals surface area contributed by atoms with Gasteiger partial charge in [-0.15, -0.1) is 0 Å². The highest BCUT2D eigenvalue weighted by Crippen LogP contribution is 2.32. The minimum Gasteiger partial charge on any atom is -0.454 e. The number of hydrogen-bond donors (Lipinski definition) is 1. The Kier molecular flexibility index (Phi) is 3.19. The van der Waals surface area contributed by atoms with Crippen LogP contribution in [-0.4, -0.2) is 42.4 Å². The molecule has 1 amide bonds. The number of likely N-dealkylation sites (N-methyl/N-ethyl adjacent to an activating group) is 1. The molecular weight excluding hydrogens is 222 g/mol. The molecule has 1 atom stereocenters. The van der Waals surface area contributed by atoms with E-state index < -0.39 is 0 Å². The summed E-state index contributed by atoms with van der Waals surface area (Å²) in [5, 5.41) is 9.02. The van der Waals surface area contributed by atoms with Crippen LogP contribution in [0.25, 0.3) is 0 Å². The fourth-order valence-corrected chi connectivity index (χ4v) is 1.56. The van der Waals surface area contributed by atoms with Gasteiger partial charge in [-0.3, -0.25) is 4.79 Å². The van der Waals surface area contributed by atoms with Gasteiger partial charge in [-0.2, -0.15) is 0 Å². The van der Waals surface area contributed by atoms with Gasteiger partial charge in [0.1, 0.15) is 0 Å². The summed E-state index contributed by atoms with van der Waals surface area (Å²) in [6.07, 6.45) is 0. The molecule has 0 saturated heterocycles. The normalized spacial score (nSPS) is 14.5. The summed E-state index contributed by atoms with van der Waals surface area (Å²) in [6, 6.07) is 4.85. The monoisotopic (exact) mass is 237 g/mol. The lowest BCUT2D eigenvalue weighted by Crippen LogP contribution is -2.37. The zero-order chi connectivity index (χ0) is 12.4. The van der Waals surface area contributed by atoms with Crippen LogP contribution in [0.1, 0.15) is 17.3 Å². The van der Waals surface area contributed by atoms with E-state index in [1.54, 1.807) is 32.2 Å². The standard InChI is InChI=1S/C12H15NO4/c1-8(6-14)13(2)12(15)9-3-4-10-11(5-9)17-7-16-10/h3-5,8,14H,6-7H2,1-2H3. The summed E-state index contributed by atoms with van der Waals surface area (Å²) in [6.45, 7) is 1.91. The zero-order valence-electron chi connectivity index (χ0n) is 9.84. The average Bonchev–Trinajstić information content (AvgIpc) is 2.83. The van der Waals surface area contributed by atoms with Crippen molar-refractivity contribution in [2.45, 2.75) is 13.0 Å². The van der Waals surface area contributed by atoms with Crippen molar-refractivity contribution in [3.63, 3.8) is 0 Å². The van der Waals surface area contributed by atoms with Gasteiger partial charge in [0.05, 0.1) is 12.6 Å². The number of benzene rings is 1. The highest BCUT2D eigenvalue weighted by molar-refractivity contribution is 5.95. The Morgan fingerprint density at radius 3 is 2.88 bits per heavy atom. The van der Waals surface area contributed by atoms with E-state index in [1.165, 1.54) is 4.90 Å². The molecule has 1 aliphatic heterocycles. The molecule has 0 saturated carbocycles. The van der Waals surface area contributed by atoms with Gasteiger partial charge < -0.3 is 19.5 Å². The Morgan fingerprint density at radius 1 is 1.47 bits per heavy atom. The van der Waals surface area contributed by atoms with Crippen LogP contribution in [0, 0.1) is 0 Å². The minimum atomic E-state index is -0.215. The fourth-order valence-electron chi connectivity index (χ4n) is 1.56. The lowest BCUT2D eigenvalue weighted by molar-refractivity contribution is 0.0682. The maximum atomic E-state index is 12.1. The lowest BCUT2D eigenvalue weighted by Gasteiger charge is -2.23. The van der Waals surface area contributed by atoms with Crippen LogP contribution in [0.4, 0.5) is 0 Å². The molecule has 0 radical (unpaired) electrons. The predicted molar refractivity (Wildman–Crippen MR) is 61.2 cm³/mol. The number of carbonyl (C=O) groups is 1. The van der Waals surface area contributed by atoms with E-state index in [9.17, 15) is 4.79 Å². The average molecular weight is 237 g/mol. The van der Waals surface area contributed by atoms with Crippen molar-refractivity contribution in [3.8, 4) is 11.5 Å². The third kappa shape index (κ3) is 2.19. The molecule has 1 heterocycles. The summed E-state index contributed by atoms with van der Waals surface area (Å²) in [5.74, 6) is 1.09. The van der Waals surface area contributed by atoms with Crippen LogP contribution in [0.15, 0.2) is 18.2 Å². The molecule has 5 nitrogen and oxygen atoms in total. The van der Waals surface area contributed by atoms with Gasteiger partial charge in [0, 0.05) is 12.6 Å². The second-order valence-electron chi connectivity index (χ2n) is 4.02. The largest absolute Gasteiger partial charge is 0.454 e. The predicted octanol–water partition coefficient (Wildman–Crippen LogP) is 0.868. The molecule has 0 spiro atoms. The number of rotatable bonds is 3. The Morgan fingerprint density at radius 2 is 2.18 bits per heavy atom. The fraction of sp³-hybridized carbons (Fsp3) is 0.417. The van der Waals surface area contributed by atoms with Crippen molar-refractivity contribution in [2.75, 3.05) is 20.4 Å². The quantitative estimate of drug-likeness (QED) is 0.847. The van der Waals surface area contributed by atoms with Crippen LogP contribution in [-0.2, 0) is 0 Å². The van der Waals surface area contributed by atoms with E-state index in [0.29, 0.717) is 17.1 Å². The molecule has 1 aromatic carbocycles. The smallest absolute Gasteiger partial charge is 0.254 e. The summed E-state index contributed by atoms with van der Waals surface area (Å²) >= 11 is 0. The SMILES string of the molecule is CC(CO)N(C)C(=O)c1ccc2c(c1)OCO2. The second-order valence-corrected chi connectivity index (χ2v) is 4.02. The molecule has 2 rings (SSSR count). The van der Waals surface area contributed by atoms with Gasteiger partial charge in [-0.05, 0) is 25.1 Å². The molecule has 1 aromatic rings. The van der Waals surface area contributed by atoms with Crippen molar-refractivity contribution in [1.29, 1.82) is 0 Å². The third-order valence-electron chi connectivity index (χ3n) is 2.87. The van der Waals surface area contributed by atoms with E-state index in [1.807, 2.05) is 0 Å². The Labute approximate surface area is 99.6 Å². The summed E-state index contributed by atoms with van der Waals surface area (Å²) < 4.78 is 10.4. The van der Waals surface area contributed by atoms with Gasteiger partial charge in [0.2, 0.25) is 6.79 Å². The molecule has 1 N–H and O–H groups in total. The minimum absolute atomic E-state index is 0.0627. The molecule has 0 bridgehead atoms. The first-order valence-corrected chi connectivity index (χ1v) is 5.41. The van der Waals surface area contributed by atoms with E-state index in [-0.39, 0.29) is 25.3 Å². The summed E-state index contributed by atoms with van der Waals surface area (Å²) in [5.41, 5.74) is 0.525. The first-order valence-electron chi connectivity index (χ1n) is 5.41. The topological polar surface area (TPSA) is 59.0 Å².